The van der Waals surface area contributed by atoms with Crippen molar-refractivity contribution in [1.82, 2.24) is 0 Å². The summed E-state index contributed by atoms with van der Waals surface area (Å²) in [6.45, 7) is 18.7. The summed E-state index contributed by atoms with van der Waals surface area (Å²) in [5.41, 5.74) is 1.87. The van der Waals surface area contributed by atoms with E-state index in [1.165, 1.54) is 37.9 Å². The molecule has 0 spiro atoms. The molecule has 0 unspecified atom stereocenters. The number of hydrogen-bond donors (Lipinski definition) is 0. The van der Waals surface area contributed by atoms with Crippen LogP contribution in [0.3, 0.4) is 0 Å². The van der Waals surface area contributed by atoms with Gasteiger partial charge in [0.25, 0.3) is 0 Å². The van der Waals surface area contributed by atoms with E-state index in [1.807, 2.05) is 0 Å². The van der Waals surface area contributed by atoms with Crippen LogP contribution in [0, 0.1) is 17.3 Å². The molecule has 1 aliphatic carbocycles. The summed E-state index contributed by atoms with van der Waals surface area (Å²) in [6, 6.07) is 0. The summed E-state index contributed by atoms with van der Waals surface area (Å²) >= 11 is 0. The highest BCUT2D eigenvalue weighted by atomic mass is 28.4. The predicted octanol–water partition coefficient (Wildman–Crippen LogP) is 6.37. The van der Waals surface area contributed by atoms with E-state index in [1.54, 1.807) is 5.57 Å². The molecule has 118 valence electrons. The normalized spacial score (nSPS) is 25.0. The molecule has 0 saturated heterocycles. The minimum Gasteiger partial charge on any atom is -0.547 e. The van der Waals surface area contributed by atoms with E-state index in [4.69, 9.17) is 4.43 Å². The quantitative estimate of drug-likeness (QED) is 0.535. The van der Waals surface area contributed by atoms with Crippen molar-refractivity contribution in [3.63, 3.8) is 0 Å². The predicted molar refractivity (Wildman–Crippen MR) is 92.3 cm³/mol. The second kappa shape index (κ2) is 6.68. The summed E-state index contributed by atoms with van der Waals surface area (Å²) < 4.78 is 6.56. The largest absolute Gasteiger partial charge is 0.547 e. The monoisotopic (exact) mass is 296 g/mol. The zero-order valence-corrected chi connectivity index (χ0v) is 16.1. The molecule has 1 nitrogen and oxygen atoms in total. The van der Waals surface area contributed by atoms with Crippen molar-refractivity contribution in [1.29, 1.82) is 0 Å². The van der Waals surface area contributed by atoms with Gasteiger partial charge in [0.05, 0.1) is 5.76 Å². The Balaban J connectivity index is 3.04. The van der Waals surface area contributed by atoms with Crippen LogP contribution in [-0.2, 0) is 4.43 Å². The summed E-state index contributed by atoms with van der Waals surface area (Å²) in [5.74, 6) is 2.73. The van der Waals surface area contributed by atoms with Crippen LogP contribution in [0.5, 0.6) is 0 Å². The highest BCUT2D eigenvalue weighted by Gasteiger charge is 2.37. The zero-order valence-electron chi connectivity index (χ0n) is 15.1. The van der Waals surface area contributed by atoms with Crippen LogP contribution in [0.1, 0.15) is 66.7 Å². The van der Waals surface area contributed by atoms with Crippen LogP contribution in [-0.4, -0.2) is 8.32 Å². The van der Waals surface area contributed by atoms with Crippen molar-refractivity contribution >= 4 is 8.32 Å². The molecule has 2 atom stereocenters. The SMILES string of the molecule is CCCC[C@H]1CC[C@@H](C(C)(C)C)C(O[Si](C)(C)C)=C1C. The molecule has 0 bridgehead atoms. The van der Waals surface area contributed by atoms with Gasteiger partial charge in [-0.2, -0.15) is 0 Å². The minimum absolute atomic E-state index is 0.311. The first-order valence-corrected chi connectivity index (χ1v) is 11.9. The topological polar surface area (TPSA) is 9.23 Å². The molecule has 0 amide bonds. The Morgan fingerprint density at radius 1 is 1.15 bits per heavy atom. The fraction of sp³-hybridized carbons (Fsp3) is 0.889. The number of rotatable bonds is 5. The highest BCUT2D eigenvalue weighted by Crippen LogP contribution is 2.45. The molecule has 2 heteroatoms. The van der Waals surface area contributed by atoms with E-state index >= 15 is 0 Å². The van der Waals surface area contributed by atoms with Crippen molar-refractivity contribution in [3.05, 3.63) is 11.3 Å². The average molecular weight is 297 g/mol. The van der Waals surface area contributed by atoms with Gasteiger partial charge in [0, 0.05) is 5.92 Å². The molecule has 20 heavy (non-hydrogen) atoms. The highest BCUT2D eigenvalue weighted by molar-refractivity contribution is 6.70. The van der Waals surface area contributed by atoms with Crippen molar-refractivity contribution in [2.45, 2.75) is 86.4 Å². The van der Waals surface area contributed by atoms with Crippen LogP contribution in [0.15, 0.2) is 11.3 Å². The Morgan fingerprint density at radius 3 is 2.20 bits per heavy atom. The van der Waals surface area contributed by atoms with Crippen molar-refractivity contribution in [3.8, 4) is 0 Å². The molecule has 0 aromatic carbocycles. The van der Waals surface area contributed by atoms with Gasteiger partial charge in [-0.15, -0.1) is 0 Å². The Kier molecular flexibility index (Phi) is 5.95. The molecular formula is C18H36OSi. The average Bonchev–Trinajstić information content (AvgIpc) is 2.27. The van der Waals surface area contributed by atoms with Crippen molar-refractivity contribution < 1.29 is 4.43 Å². The van der Waals surface area contributed by atoms with Crippen LogP contribution >= 0.6 is 0 Å². The smallest absolute Gasteiger partial charge is 0.241 e. The lowest BCUT2D eigenvalue weighted by molar-refractivity contribution is 0.164. The fourth-order valence-corrected chi connectivity index (χ4v) is 4.27. The summed E-state index contributed by atoms with van der Waals surface area (Å²) in [4.78, 5) is 0. The maximum atomic E-state index is 6.56. The van der Waals surface area contributed by atoms with Gasteiger partial charge in [0.2, 0.25) is 8.32 Å². The molecule has 0 heterocycles. The molecule has 1 rings (SSSR count). The third kappa shape index (κ3) is 4.94. The van der Waals surface area contributed by atoms with Gasteiger partial charge >= 0.3 is 0 Å². The fourth-order valence-electron chi connectivity index (χ4n) is 3.31. The summed E-state index contributed by atoms with van der Waals surface area (Å²) in [7, 11) is -1.53. The Bertz CT molecular complexity index is 343. The van der Waals surface area contributed by atoms with Gasteiger partial charge in [-0.1, -0.05) is 40.5 Å². The van der Waals surface area contributed by atoms with Gasteiger partial charge < -0.3 is 4.43 Å². The van der Waals surface area contributed by atoms with E-state index < -0.39 is 8.32 Å². The molecule has 0 aliphatic heterocycles. The molecule has 0 radical (unpaired) electrons. The van der Waals surface area contributed by atoms with Crippen molar-refractivity contribution in [2.24, 2.45) is 17.3 Å². The van der Waals surface area contributed by atoms with E-state index in [2.05, 4.69) is 54.3 Å². The third-order valence-corrected chi connectivity index (χ3v) is 5.32. The first-order valence-electron chi connectivity index (χ1n) is 8.46. The minimum atomic E-state index is -1.53. The molecule has 0 fully saturated rings. The van der Waals surface area contributed by atoms with Crippen LogP contribution < -0.4 is 0 Å². The summed E-state index contributed by atoms with van der Waals surface area (Å²) in [6.07, 6.45) is 6.65. The van der Waals surface area contributed by atoms with Crippen molar-refractivity contribution in [2.75, 3.05) is 0 Å². The van der Waals surface area contributed by atoms with Gasteiger partial charge in [-0.25, -0.2) is 0 Å². The lowest BCUT2D eigenvalue weighted by atomic mass is 9.69. The molecule has 0 aromatic rings. The second-order valence-corrected chi connectivity index (χ2v) is 13.0. The van der Waals surface area contributed by atoms with Gasteiger partial charge in [0.15, 0.2) is 0 Å². The Hall–Kier alpha value is -0.243. The van der Waals surface area contributed by atoms with Crippen LogP contribution in [0.2, 0.25) is 19.6 Å². The van der Waals surface area contributed by atoms with Gasteiger partial charge in [-0.05, 0) is 62.7 Å². The second-order valence-electron chi connectivity index (χ2n) is 8.60. The maximum Gasteiger partial charge on any atom is 0.241 e. The summed E-state index contributed by atoms with van der Waals surface area (Å²) in [5, 5.41) is 0. The van der Waals surface area contributed by atoms with Gasteiger partial charge in [-0.3, -0.25) is 0 Å². The lowest BCUT2D eigenvalue weighted by Gasteiger charge is -2.42. The molecule has 1 aliphatic rings. The van der Waals surface area contributed by atoms with E-state index in [-0.39, 0.29) is 0 Å². The lowest BCUT2D eigenvalue weighted by Crippen LogP contribution is -2.35. The molecular weight excluding hydrogens is 260 g/mol. The standard InChI is InChI=1S/C18H36OSi/c1-9-10-11-15-12-13-16(18(3,4)5)17(14(15)2)19-20(6,7)8/h15-16H,9-13H2,1-8H3/t15-,16+/m0/s1. The Morgan fingerprint density at radius 2 is 1.75 bits per heavy atom. The molecule has 0 N–H and O–H groups in total. The maximum absolute atomic E-state index is 6.56. The number of hydrogen-bond acceptors (Lipinski definition) is 1. The van der Waals surface area contributed by atoms with E-state index in [0.717, 1.165) is 5.92 Å². The van der Waals surface area contributed by atoms with Gasteiger partial charge in [0.1, 0.15) is 0 Å². The zero-order chi connectivity index (χ0) is 15.6. The first-order chi connectivity index (χ1) is 9.06. The van der Waals surface area contributed by atoms with Crippen LogP contribution in [0.25, 0.3) is 0 Å². The van der Waals surface area contributed by atoms with Crippen LogP contribution in [0.4, 0.5) is 0 Å². The number of allylic oxidation sites excluding steroid dienone is 2. The first kappa shape index (κ1) is 17.8. The molecule has 0 saturated carbocycles. The Labute approximate surface area is 128 Å². The van der Waals surface area contributed by atoms with E-state index in [0.29, 0.717) is 11.3 Å². The van der Waals surface area contributed by atoms with E-state index in [9.17, 15) is 0 Å². The number of unbranched alkanes of at least 4 members (excludes halogenated alkanes) is 1. The molecule has 0 aromatic heterocycles. The third-order valence-electron chi connectivity index (χ3n) is 4.49.